The summed E-state index contributed by atoms with van der Waals surface area (Å²) in [7, 11) is 3.34. The number of fused-ring (bicyclic) bond motifs is 1. The normalized spacial score (nSPS) is 11.2. The fraction of sp³-hybridized carbons (Fsp3) is 0.294. The predicted molar refractivity (Wildman–Crippen MR) is 93.8 cm³/mol. The van der Waals surface area contributed by atoms with Gasteiger partial charge in [-0.1, -0.05) is 30.3 Å². The summed E-state index contributed by atoms with van der Waals surface area (Å²) in [6, 6.07) is 9.85. The van der Waals surface area contributed by atoms with E-state index in [0.29, 0.717) is 29.9 Å². The zero-order chi connectivity index (χ0) is 17.8. The second-order valence-electron chi connectivity index (χ2n) is 5.82. The van der Waals surface area contributed by atoms with Crippen LogP contribution in [0.3, 0.4) is 0 Å². The van der Waals surface area contributed by atoms with E-state index in [9.17, 15) is 9.59 Å². The number of hydrogen-bond acceptors (Lipinski definition) is 5. The largest absolute Gasteiger partial charge is 0.358 e. The van der Waals surface area contributed by atoms with Crippen LogP contribution in [0.2, 0.25) is 0 Å². The van der Waals surface area contributed by atoms with E-state index in [-0.39, 0.29) is 18.0 Å². The van der Waals surface area contributed by atoms with E-state index in [1.807, 2.05) is 35.2 Å². The Hall–Kier alpha value is -3.00. The Morgan fingerprint density at radius 1 is 1.28 bits per heavy atom. The van der Waals surface area contributed by atoms with E-state index in [4.69, 9.17) is 0 Å². The molecule has 0 aliphatic carbocycles. The molecule has 8 heteroatoms. The minimum absolute atomic E-state index is 0.0973. The molecule has 0 aliphatic heterocycles. The Morgan fingerprint density at radius 3 is 2.76 bits per heavy atom. The number of carbonyl (C=O) groups excluding carboxylic acids is 1. The van der Waals surface area contributed by atoms with Gasteiger partial charge in [0.05, 0.1) is 19.3 Å². The third-order valence-electron chi connectivity index (χ3n) is 3.92. The van der Waals surface area contributed by atoms with Crippen LogP contribution < -0.4 is 10.9 Å². The van der Waals surface area contributed by atoms with Gasteiger partial charge in [0, 0.05) is 20.6 Å². The molecule has 3 rings (SSSR count). The molecule has 8 nitrogen and oxygen atoms in total. The summed E-state index contributed by atoms with van der Waals surface area (Å²) in [5, 5.41) is 7.14. The average Bonchev–Trinajstić information content (AvgIpc) is 2.97. The van der Waals surface area contributed by atoms with Crippen molar-refractivity contribution in [2.45, 2.75) is 13.1 Å². The molecule has 0 unspecified atom stereocenters. The molecule has 2 aromatic heterocycles. The van der Waals surface area contributed by atoms with E-state index in [1.54, 1.807) is 18.8 Å². The van der Waals surface area contributed by atoms with Crippen LogP contribution in [-0.2, 0) is 24.9 Å². The van der Waals surface area contributed by atoms with Crippen LogP contribution in [0.25, 0.3) is 11.0 Å². The highest BCUT2D eigenvalue weighted by atomic mass is 16.2. The molecule has 0 fully saturated rings. The number of rotatable bonds is 6. The lowest BCUT2D eigenvalue weighted by atomic mass is 10.2. The summed E-state index contributed by atoms with van der Waals surface area (Å²) in [4.78, 5) is 33.2. The summed E-state index contributed by atoms with van der Waals surface area (Å²) in [6.07, 6.45) is 1.50. The molecule has 0 radical (unpaired) electrons. The summed E-state index contributed by atoms with van der Waals surface area (Å²) in [6.45, 7) is 1.12. The lowest BCUT2D eigenvalue weighted by molar-refractivity contribution is -0.122. The Kier molecular flexibility index (Phi) is 4.90. The van der Waals surface area contributed by atoms with Crippen molar-refractivity contribution in [3.05, 3.63) is 58.3 Å². The summed E-state index contributed by atoms with van der Waals surface area (Å²) in [5.41, 5.74) is 1.38. The van der Waals surface area contributed by atoms with Crippen molar-refractivity contribution >= 4 is 16.9 Å². The fourth-order valence-corrected chi connectivity index (χ4v) is 2.66. The van der Waals surface area contributed by atoms with E-state index < -0.39 is 0 Å². The van der Waals surface area contributed by atoms with E-state index in [0.717, 1.165) is 5.56 Å². The van der Waals surface area contributed by atoms with Crippen molar-refractivity contribution in [3.8, 4) is 0 Å². The highest BCUT2D eigenvalue weighted by molar-refractivity contribution is 5.77. The van der Waals surface area contributed by atoms with Crippen LogP contribution in [0, 0.1) is 0 Å². The number of H-pyrrole nitrogens is 1. The third kappa shape index (κ3) is 3.92. The van der Waals surface area contributed by atoms with Crippen molar-refractivity contribution in [3.63, 3.8) is 0 Å². The molecule has 25 heavy (non-hydrogen) atoms. The zero-order valence-corrected chi connectivity index (χ0v) is 14.2. The van der Waals surface area contributed by atoms with Gasteiger partial charge in [-0.3, -0.25) is 19.2 Å². The van der Waals surface area contributed by atoms with E-state index in [2.05, 4.69) is 20.4 Å². The number of aryl methyl sites for hydroxylation is 1. The molecule has 3 aromatic rings. The van der Waals surface area contributed by atoms with Crippen molar-refractivity contribution in [1.82, 2.24) is 30.0 Å². The minimum atomic E-state index is -0.229. The third-order valence-corrected chi connectivity index (χ3v) is 3.92. The Morgan fingerprint density at radius 2 is 2.04 bits per heavy atom. The summed E-state index contributed by atoms with van der Waals surface area (Å²) in [5.74, 6) is 0.404. The Bertz CT molecular complexity index is 931. The first-order valence-corrected chi connectivity index (χ1v) is 7.94. The van der Waals surface area contributed by atoms with Crippen LogP contribution in [0.4, 0.5) is 0 Å². The predicted octanol–water partition coefficient (Wildman–Crippen LogP) is 0.405. The Balaban J connectivity index is 1.87. The van der Waals surface area contributed by atoms with Gasteiger partial charge in [0.15, 0.2) is 5.65 Å². The van der Waals surface area contributed by atoms with Crippen molar-refractivity contribution in [2.75, 3.05) is 13.6 Å². The van der Waals surface area contributed by atoms with Crippen LogP contribution in [0.5, 0.6) is 0 Å². The maximum Gasteiger partial charge on any atom is 0.262 e. The maximum atomic E-state index is 12.2. The maximum absolute atomic E-state index is 12.2. The van der Waals surface area contributed by atoms with E-state index >= 15 is 0 Å². The van der Waals surface area contributed by atoms with Crippen LogP contribution in [0.1, 0.15) is 11.4 Å². The molecule has 0 saturated carbocycles. The number of carbonyl (C=O) groups is 1. The van der Waals surface area contributed by atoms with Crippen LogP contribution in [0.15, 0.2) is 41.3 Å². The van der Waals surface area contributed by atoms with Crippen LogP contribution >= 0.6 is 0 Å². The van der Waals surface area contributed by atoms with Crippen LogP contribution in [-0.4, -0.2) is 44.1 Å². The number of nitrogens with zero attached hydrogens (tertiary/aromatic N) is 4. The minimum Gasteiger partial charge on any atom is -0.358 e. The van der Waals surface area contributed by atoms with Gasteiger partial charge in [0.1, 0.15) is 11.2 Å². The standard InChI is InChI=1S/C17H20N6O2/c1-18-15(24)11-23(9-12-6-4-3-5-7-12)10-14-20-16-13(17(25)21-14)8-19-22(16)2/h3-8H,9-11H2,1-2H3,(H,18,24)(H,20,21,25). The highest BCUT2D eigenvalue weighted by Gasteiger charge is 2.14. The van der Waals surface area contributed by atoms with Gasteiger partial charge in [-0.05, 0) is 5.56 Å². The van der Waals surface area contributed by atoms with Gasteiger partial charge in [0.2, 0.25) is 5.91 Å². The second-order valence-corrected chi connectivity index (χ2v) is 5.82. The smallest absolute Gasteiger partial charge is 0.262 e. The molecule has 1 amide bonds. The van der Waals surface area contributed by atoms with Gasteiger partial charge in [-0.2, -0.15) is 5.10 Å². The van der Waals surface area contributed by atoms with Gasteiger partial charge in [-0.25, -0.2) is 4.98 Å². The average molecular weight is 340 g/mol. The van der Waals surface area contributed by atoms with Gasteiger partial charge < -0.3 is 10.3 Å². The lowest BCUT2D eigenvalue weighted by Crippen LogP contribution is -2.35. The number of benzene rings is 1. The second kappa shape index (κ2) is 7.27. The molecular formula is C17H20N6O2. The molecule has 0 bridgehead atoms. The summed E-state index contributed by atoms with van der Waals surface area (Å²) >= 11 is 0. The SMILES string of the molecule is CNC(=O)CN(Cc1ccccc1)Cc1nc2c(cnn2C)c(=O)[nH]1. The van der Waals surface area contributed by atoms with Gasteiger partial charge in [-0.15, -0.1) is 0 Å². The topological polar surface area (TPSA) is 95.9 Å². The number of hydrogen-bond donors (Lipinski definition) is 2. The molecule has 2 heterocycles. The first-order valence-electron chi connectivity index (χ1n) is 7.94. The Labute approximate surface area is 144 Å². The molecule has 1 aromatic carbocycles. The van der Waals surface area contributed by atoms with Crippen molar-refractivity contribution < 1.29 is 4.79 Å². The molecular weight excluding hydrogens is 320 g/mol. The first kappa shape index (κ1) is 16.8. The van der Waals surface area contributed by atoms with Crippen molar-refractivity contribution in [2.24, 2.45) is 7.05 Å². The number of amides is 1. The number of nitrogens with one attached hydrogen (secondary N) is 2. The molecule has 0 spiro atoms. The molecule has 2 N–H and O–H groups in total. The zero-order valence-electron chi connectivity index (χ0n) is 14.2. The first-order chi connectivity index (χ1) is 12.1. The van der Waals surface area contributed by atoms with Gasteiger partial charge in [0.25, 0.3) is 5.56 Å². The monoisotopic (exact) mass is 340 g/mol. The van der Waals surface area contributed by atoms with Crippen molar-refractivity contribution in [1.29, 1.82) is 0 Å². The summed E-state index contributed by atoms with van der Waals surface area (Å²) < 4.78 is 1.56. The molecule has 0 saturated heterocycles. The quantitative estimate of drug-likeness (QED) is 0.677. The number of aromatic nitrogens is 4. The molecule has 0 aliphatic rings. The number of aromatic amines is 1. The van der Waals surface area contributed by atoms with E-state index in [1.165, 1.54) is 6.20 Å². The lowest BCUT2D eigenvalue weighted by Gasteiger charge is -2.21. The molecule has 0 atom stereocenters. The molecule has 130 valence electrons. The highest BCUT2D eigenvalue weighted by Crippen LogP contribution is 2.09. The fourth-order valence-electron chi connectivity index (χ4n) is 2.66. The van der Waals surface area contributed by atoms with Gasteiger partial charge >= 0.3 is 0 Å². The number of likely N-dealkylation sites (N-methyl/N-ethyl adjacent to an activating group) is 1.